The van der Waals surface area contributed by atoms with Gasteiger partial charge in [-0.25, -0.2) is 4.98 Å². The van der Waals surface area contributed by atoms with Crippen molar-refractivity contribution < 1.29 is 0 Å². The highest BCUT2D eigenvalue weighted by molar-refractivity contribution is 7.15. The van der Waals surface area contributed by atoms with Gasteiger partial charge in [0.2, 0.25) is 0 Å². The molecule has 2 N–H and O–H groups in total. The average Bonchev–Trinajstić information content (AvgIpc) is 2.61. The Labute approximate surface area is 88.9 Å². The van der Waals surface area contributed by atoms with Crippen molar-refractivity contribution >= 4 is 16.5 Å². The zero-order valence-corrected chi connectivity index (χ0v) is 9.44. The number of aromatic nitrogens is 1. The van der Waals surface area contributed by atoms with Crippen molar-refractivity contribution in [3.8, 4) is 0 Å². The van der Waals surface area contributed by atoms with E-state index in [2.05, 4.69) is 16.8 Å². The molecule has 1 aromatic rings. The summed E-state index contributed by atoms with van der Waals surface area (Å²) >= 11 is 1.64. The van der Waals surface area contributed by atoms with Gasteiger partial charge < -0.3 is 5.73 Å². The summed E-state index contributed by atoms with van der Waals surface area (Å²) in [6.07, 6.45) is 3.93. The number of fused-ring (bicyclic) bond motifs is 1. The summed E-state index contributed by atoms with van der Waals surface area (Å²) in [5.41, 5.74) is 6.86. The van der Waals surface area contributed by atoms with Crippen LogP contribution in [0.3, 0.4) is 0 Å². The van der Waals surface area contributed by atoms with E-state index in [9.17, 15) is 0 Å². The van der Waals surface area contributed by atoms with Crippen LogP contribution in [0.4, 0.5) is 5.13 Å². The zero-order chi connectivity index (χ0) is 9.97. The SMILES string of the molecule is CCCCCN1Cc2nc(N)sc2C1. The van der Waals surface area contributed by atoms with Crippen molar-refractivity contribution in [2.45, 2.75) is 39.3 Å². The van der Waals surface area contributed by atoms with Gasteiger partial charge in [0.1, 0.15) is 0 Å². The fourth-order valence-electron chi connectivity index (χ4n) is 1.86. The molecule has 0 fully saturated rings. The number of nitrogens with zero attached hydrogens (tertiary/aromatic N) is 2. The molecule has 0 radical (unpaired) electrons. The molecule has 4 heteroatoms. The van der Waals surface area contributed by atoms with Crippen LogP contribution in [0.15, 0.2) is 0 Å². The van der Waals surface area contributed by atoms with Gasteiger partial charge in [-0.1, -0.05) is 19.8 Å². The summed E-state index contributed by atoms with van der Waals surface area (Å²) in [5, 5.41) is 0.725. The smallest absolute Gasteiger partial charge is 0.180 e. The number of thiazole rings is 1. The van der Waals surface area contributed by atoms with Gasteiger partial charge in [-0.05, 0) is 13.0 Å². The summed E-state index contributed by atoms with van der Waals surface area (Å²) in [7, 11) is 0. The minimum absolute atomic E-state index is 0.725. The van der Waals surface area contributed by atoms with Gasteiger partial charge in [0.05, 0.1) is 5.69 Å². The van der Waals surface area contributed by atoms with Crippen LogP contribution in [-0.4, -0.2) is 16.4 Å². The van der Waals surface area contributed by atoms with Gasteiger partial charge in [0.15, 0.2) is 5.13 Å². The van der Waals surface area contributed by atoms with E-state index in [4.69, 9.17) is 5.73 Å². The predicted molar refractivity (Wildman–Crippen MR) is 60.2 cm³/mol. The molecule has 3 nitrogen and oxygen atoms in total. The molecule has 0 spiro atoms. The summed E-state index contributed by atoms with van der Waals surface area (Å²) in [5.74, 6) is 0. The molecule has 2 heterocycles. The molecule has 1 aliphatic rings. The van der Waals surface area contributed by atoms with E-state index in [1.165, 1.54) is 36.4 Å². The second-order valence-electron chi connectivity index (χ2n) is 3.84. The first kappa shape index (κ1) is 9.93. The Morgan fingerprint density at radius 1 is 1.43 bits per heavy atom. The minimum atomic E-state index is 0.725. The summed E-state index contributed by atoms with van der Waals surface area (Å²) in [6.45, 7) is 5.51. The molecule has 2 rings (SSSR count). The van der Waals surface area contributed by atoms with Gasteiger partial charge in [-0.2, -0.15) is 0 Å². The normalized spacial score (nSPS) is 16.1. The Balaban J connectivity index is 1.83. The number of hydrogen-bond donors (Lipinski definition) is 1. The standard InChI is InChI=1S/C10H17N3S/c1-2-3-4-5-13-6-8-9(7-13)14-10(11)12-8/h2-7H2,1H3,(H2,11,12). The maximum Gasteiger partial charge on any atom is 0.180 e. The number of unbranched alkanes of at least 4 members (excludes halogenated alkanes) is 2. The summed E-state index contributed by atoms with van der Waals surface area (Å²) in [4.78, 5) is 8.16. The number of hydrogen-bond acceptors (Lipinski definition) is 4. The quantitative estimate of drug-likeness (QED) is 0.777. The van der Waals surface area contributed by atoms with Crippen LogP contribution < -0.4 is 5.73 Å². The van der Waals surface area contributed by atoms with Crippen molar-refractivity contribution in [1.82, 2.24) is 9.88 Å². The van der Waals surface area contributed by atoms with Gasteiger partial charge in [-0.3, -0.25) is 4.90 Å². The molecule has 0 amide bonds. The van der Waals surface area contributed by atoms with Gasteiger partial charge in [-0.15, -0.1) is 11.3 Å². The van der Waals surface area contributed by atoms with Crippen LogP contribution >= 0.6 is 11.3 Å². The molecule has 0 atom stereocenters. The van der Waals surface area contributed by atoms with Crippen LogP contribution in [0.5, 0.6) is 0 Å². The lowest BCUT2D eigenvalue weighted by molar-refractivity contribution is 0.276. The van der Waals surface area contributed by atoms with Gasteiger partial charge >= 0.3 is 0 Å². The maximum atomic E-state index is 5.64. The lowest BCUT2D eigenvalue weighted by Gasteiger charge is -2.13. The fourth-order valence-corrected chi connectivity index (χ4v) is 2.75. The molecular weight excluding hydrogens is 194 g/mol. The van der Waals surface area contributed by atoms with E-state index in [0.717, 1.165) is 18.2 Å². The average molecular weight is 211 g/mol. The minimum Gasteiger partial charge on any atom is -0.375 e. The van der Waals surface area contributed by atoms with E-state index < -0.39 is 0 Å². The van der Waals surface area contributed by atoms with E-state index in [1.807, 2.05) is 0 Å². The fraction of sp³-hybridized carbons (Fsp3) is 0.700. The van der Waals surface area contributed by atoms with Crippen molar-refractivity contribution in [3.63, 3.8) is 0 Å². The van der Waals surface area contributed by atoms with Gasteiger partial charge in [0, 0.05) is 18.0 Å². The summed E-state index contributed by atoms with van der Waals surface area (Å²) < 4.78 is 0. The molecule has 14 heavy (non-hydrogen) atoms. The van der Waals surface area contributed by atoms with Gasteiger partial charge in [0.25, 0.3) is 0 Å². The first-order valence-corrected chi connectivity index (χ1v) is 6.07. The zero-order valence-electron chi connectivity index (χ0n) is 8.62. The Morgan fingerprint density at radius 3 is 3.00 bits per heavy atom. The van der Waals surface area contributed by atoms with Crippen molar-refractivity contribution in [1.29, 1.82) is 0 Å². The second kappa shape index (κ2) is 4.28. The molecule has 0 saturated carbocycles. The Morgan fingerprint density at radius 2 is 2.29 bits per heavy atom. The second-order valence-corrected chi connectivity index (χ2v) is 4.95. The van der Waals surface area contributed by atoms with Crippen molar-refractivity contribution in [2.75, 3.05) is 12.3 Å². The highest BCUT2D eigenvalue weighted by atomic mass is 32.1. The number of nitrogens with two attached hydrogens (primary N) is 1. The van der Waals surface area contributed by atoms with E-state index in [1.54, 1.807) is 11.3 Å². The third-order valence-corrected chi connectivity index (χ3v) is 3.52. The van der Waals surface area contributed by atoms with E-state index in [0.29, 0.717) is 0 Å². The van der Waals surface area contributed by atoms with Crippen molar-refractivity contribution in [3.05, 3.63) is 10.6 Å². The Bertz CT molecular complexity index is 285. The largest absolute Gasteiger partial charge is 0.375 e. The maximum absolute atomic E-state index is 5.64. The third kappa shape index (κ3) is 2.07. The number of nitrogen functional groups attached to an aromatic ring is 1. The molecule has 0 aromatic carbocycles. The molecule has 0 aliphatic carbocycles. The predicted octanol–water partition coefficient (Wildman–Crippen LogP) is 2.23. The van der Waals surface area contributed by atoms with Crippen LogP contribution in [-0.2, 0) is 13.1 Å². The van der Waals surface area contributed by atoms with Crippen LogP contribution in [0.25, 0.3) is 0 Å². The molecule has 0 saturated heterocycles. The number of anilines is 1. The summed E-state index contributed by atoms with van der Waals surface area (Å²) in [6, 6.07) is 0. The molecule has 0 bridgehead atoms. The molecule has 1 aromatic heterocycles. The highest BCUT2D eigenvalue weighted by Crippen LogP contribution is 2.29. The monoisotopic (exact) mass is 211 g/mol. The first-order valence-electron chi connectivity index (χ1n) is 5.26. The first-order chi connectivity index (χ1) is 6.79. The lowest BCUT2D eigenvalue weighted by Crippen LogP contribution is -2.17. The molecule has 78 valence electrons. The molecule has 0 unspecified atom stereocenters. The van der Waals surface area contributed by atoms with Crippen LogP contribution in [0.1, 0.15) is 36.8 Å². The Hall–Kier alpha value is -0.610. The highest BCUT2D eigenvalue weighted by Gasteiger charge is 2.22. The van der Waals surface area contributed by atoms with E-state index in [-0.39, 0.29) is 0 Å². The van der Waals surface area contributed by atoms with Crippen LogP contribution in [0.2, 0.25) is 0 Å². The molecule has 1 aliphatic heterocycles. The third-order valence-electron chi connectivity index (χ3n) is 2.61. The van der Waals surface area contributed by atoms with E-state index >= 15 is 0 Å². The van der Waals surface area contributed by atoms with Crippen molar-refractivity contribution in [2.24, 2.45) is 0 Å². The number of rotatable bonds is 4. The lowest BCUT2D eigenvalue weighted by atomic mass is 10.2. The topological polar surface area (TPSA) is 42.2 Å². The molecular formula is C10H17N3S. The van der Waals surface area contributed by atoms with Crippen LogP contribution in [0, 0.1) is 0 Å². The Kier molecular flexibility index (Phi) is 3.03.